The van der Waals surface area contributed by atoms with Crippen molar-refractivity contribution in [3.05, 3.63) is 17.0 Å². The number of rotatable bonds is 5. The zero-order valence-corrected chi connectivity index (χ0v) is 12.7. The Balaban J connectivity index is 2.05. The Morgan fingerprint density at radius 2 is 2.05 bits per heavy atom. The van der Waals surface area contributed by atoms with Crippen molar-refractivity contribution < 1.29 is 9.90 Å². The molecule has 0 unspecified atom stereocenters. The molecule has 1 fully saturated rings. The Kier molecular flexibility index (Phi) is 4.48. The van der Waals surface area contributed by atoms with Gasteiger partial charge in [-0.25, -0.2) is 0 Å². The number of carbonyl (C=O) groups excluding carboxylic acids is 1. The van der Waals surface area contributed by atoms with Gasteiger partial charge in [0.25, 0.3) is 5.91 Å². The highest BCUT2D eigenvalue weighted by molar-refractivity contribution is 5.96. The number of nitrogens with one attached hydrogen (secondary N) is 1. The maximum absolute atomic E-state index is 12.3. The molecule has 0 atom stereocenters. The van der Waals surface area contributed by atoms with Crippen molar-refractivity contribution in [2.45, 2.75) is 65.0 Å². The van der Waals surface area contributed by atoms with Crippen LogP contribution in [0.2, 0.25) is 0 Å². The number of aliphatic hydroxyl groups is 1. The van der Waals surface area contributed by atoms with Gasteiger partial charge in [0, 0.05) is 18.8 Å². The first-order valence-electron chi connectivity index (χ1n) is 7.51. The lowest BCUT2D eigenvalue weighted by atomic mass is 10.0. The molecule has 0 aliphatic heterocycles. The Labute approximate surface area is 120 Å². The van der Waals surface area contributed by atoms with Crippen LogP contribution in [0.3, 0.4) is 0 Å². The van der Waals surface area contributed by atoms with E-state index in [9.17, 15) is 9.90 Å². The van der Waals surface area contributed by atoms with E-state index in [1.54, 1.807) is 0 Å². The number of aryl methyl sites for hydroxylation is 2. The molecule has 1 aromatic rings. The Bertz CT molecular complexity index is 488. The van der Waals surface area contributed by atoms with Gasteiger partial charge in [0.1, 0.15) is 0 Å². The summed E-state index contributed by atoms with van der Waals surface area (Å²) >= 11 is 0. The summed E-state index contributed by atoms with van der Waals surface area (Å²) in [5.74, 6) is -0.123. The summed E-state index contributed by atoms with van der Waals surface area (Å²) in [6.07, 6.45) is 4.63. The van der Waals surface area contributed by atoms with Gasteiger partial charge in [-0.3, -0.25) is 9.48 Å². The van der Waals surface area contributed by atoms with Crippen molar-refractivity contribution in [2.24, 2.45) is 0 Å². The summed E-state index contributed by atoms with van der Waals surface area (Å²) in [5, 5.41) is 17.6. The molecular formula is C15H25N3O2. The van der Waals surface area contributed by atoms with E-state index in [1.807, 2.05) is 18.5 Å². The Hall–Kier alpha value is -1.36. The lowest BCUT2D eigenvalue weighted by molar-refractivity contribution is 0.0449. The average molecular weight is 279 g/mol. The van der Waals surface area contributed by atoms with E-state index < -0.39 is 5.60 Å². The third-order valence-electron chi connectivity index (χ3n) is 4.16. The van der Waals surface area contributed by atoms with Crippen molar-refractivity contribution in [3.8, 4) is 0 Å². The summed E-state index contributed by atoms with van der Waals surface area (Å²) in [4.78, 5) is 12.3. The van der Waals surface area contributed by atoms with E-state index in [2.05, 4.69) is 17.3 Å². The molecule has 1 aliphatic rings. The largest absolute Gasteiger partial charge is 0.388 e. The van der Waals surface area contributed by atoms with E-state index in [1.165, 1.54) is 0 Å². The van der Waals surface area contributed by atoms with Gasteiger partial charge in [0.2, 0.25) is 0 Å². The molecule has 5 nitrogen and oxygen atoms in total. The monoisotopic (exact) mass is 279 g/mol. The van der Waals surface area contributed by atoms with Gasteiger partial charge in [-0.2, -0.15) is 5.10 Å². The third kappa shape index (κ3) is 3.03. The fourth-order valence-corrected chi connectivity index (χ4v) is 3.00. The highest BCUT2D eigenvalue weighted by atomic mass is 16.3. The normalized spacial score (nSPS) is 17.4. The van der Waals surface area contributed by atoms with Crippen LogP contribution in [0.4, 0.5) is 0 Å². The first-order chi connectivity index (χ1) is 9.47. The quantitative estimate of drug-likeness (QED) is 0.865. The van der Waals surface area contributed by atoms with Gasteiger partial charge in [0.15, 0.2) is 0 Å². The van der Waals surface area contributed by atoms with E-state index in [-0.39, 0.29) is 5.91 Å². The zero-order chi connectivity index (χ0) is 14.8. The molecule has 0 spiro atoms. The molecule has 112 valence electrons. The zero-order valence-electron chi connectivity index (χ0n) is 12.7. The molecule has 20 heavy (non-hydrogen) atoms. The van der Waals surface area contributed by atoms with Gasteiger partial charge in [-0.05, 0) is 33.1 Å². The van der Waals surface area contributed by atoms with Crippen LogP contribution in [-0.2, 0) is 6.54 Å². The second kappa shape index (κ2) is 5.95. The maximum Gasteiger partial charge on any atom is 0.255 e. The van der Waals surface area contributed by atoms with E-state index in [4.69, 9.17) is 0 Å². The molecule has 1 amide bonds. The SMILES string of the molecule is CCCn1nc(C)c(C(=O)NCC2(O)CCCC2)c1C. The molecule has 1 heterocycles. The molecule has 2 rings (SSSR count). The van der Waals surface area contributed by atoms with Crippen LogP contribution >= 0.6 is 0 Å². The van der Waals surface area contributed by atoms with E-state index >= 15 is 0 Å². The maximum atomic E-state index is 12.3. The van der Waals surface area contributed by atoms with Gasteiger partial charge in [-0.15, -0.1) is 0 Å². The van der Waals surface area contributed by atoms with Crippen LogP contribution in [0, 0.1) is 13.8 Å². The van der Waals surface area contributed by atoms with Crippen LogP contribution < -0.4 is 5.32 Å². The second-order valence-corrected chi connectivity index (χ2v) is 5.88. The molecule has 0 aromatic carbocycles. The van der Waals surface area contributed by atoms with Crippen molar-refractivity contribution >= 4 is 5.91 Å². The molecule has 1 aromatic heterocycles. The fraction of sp³-hybridized carbons (Fsp3) is 0.733. The highest BCUT2D eigenvalue weighted by Crippen LogP contribution is 2.28. The van der Waals surface area contributed by atoms with Gasteiger partial charge in [-0.1, -0.05) is 19.8 Å². The van der Waals surface area contributed by atoms with Crippen LogP contribution in [0.1, 0.15) is 60.8 Å². The fourth-order valence-electron chi connectivity index (χ4n) is 3.00. The molecule has 5 heteroatoms. The number of hydrogen-bond donors (Lipinski definition) is 2. The van der Waals surface area contributed by atoms with E-state index in [0.717, 1.165) is 50.0 Å². The molecule has 0 bridgehead atoms. The van der Waals surface area contributed by atoms with Crippen molar-refractivity contribution in [2.75, 3.05) is 6.54 Å². The predicted octanol–water partition coefficient (Wildman–Crippen LogP) is 1.94. The third-order valence-corrected chi connectivity index (χ3v) is 4.16. The molecule has 0 saturated heterocycles. The minimum atomic E-state index is -0.711. The summed E-state index contributed by atoms with van der Waals surface area (Å²) in [6, 6.07) is 0. The van der Waals surface area contributed by atoms with Crippen molar-refractivity contribution in [1.82, 2.24) is 15.1 Å². The number of nitrogens with zero attached hydrogens (tertiary/aromatic N) is 2. The Morgan fingerprint density at radius 1 is 1.40 bits per heavy atom. The van der Waals surface area contributed by atoms with Gasteiger partial charge in [0.05, 0.1) is 16.9 Å². The second-order valence-electron chi connectivity index (χ2n) is 5.88. The topological polar surface area (TPSA) is 67.2 Å². The minimum Gasteiger partial charge on any atom is -0.388 e. The summed E-state index contributed by atoms with van der Waals surface area (Å²) < 4.78 is 1.88. The number of hydrogen-bond acceptors (Lipinski definition) is 3. The summed E-state index contributed by atoms with van der Waals surface area (Å²) in [5.41, 5.74) is 1.60. The lowest BCUT2D eigenvalue weighted by Crippen LogP contribution is -2.41. The van der Waals surface area contributed by atoms with E-state index in [0.29, 0.717) is 12.1 Å². The van der Waals surface area contributed by atoms with Gasteiger partial charge >= 0.3 is 0 Å². The smallest absolute Gasteiger partial charge is 0.255 e. The molecule has 2 N–H and O–H groups in total. The van der Waals surface area contributed by atoms with Crippen molar-refractivity contribution in [1.29, 1.82) is 0 Å². The first-order valence-corrected chi connectivity index (χ1v) is 7.51. The number of aromatic nitrogens is 2. The Morgan fingerprint density at radius 3 is 2.65 bits per heavy atom. The average Bonchev–Trinajstić information content (AvgIpc) is 2.94. The molecule has 1 saturated carbocycles. The van der Waals surface area contributed by atoms with Crippen molar-refractivity contribution in [3.63, 3.8) is 0 Å². The molecule has 1 aliphatic carbocycles. The van der Waals surface area contributed by atoms with Crippen LogP contribution in [0.25, 0.3) is 0 Å². The highest BCUT2D eigenvalue weighted by Gasteiger charge is 2.32. The summed E-state index contributed by atoms with van der Waals surface area (Å²) in [6.45, 7) is 7.03. The lowest BCUT2D eigenvalue weighted by Gasteiger charge is -2.22. The van der Waals surface area contributed by atoms with Gasteiger partial charge < -0.3 is 10.4 Å². The first kappa shape index (κ1) is 15.0. The predicted molar refractivity (Wildman–Crippen MR) is 77.7 cm³/mol. The number of amides is 1. The standard InChI is InChI=1S/C15H25N3O2/c1-4-9-18-12(3)13(11(2)17-18)14(19)16-10-15(20)7-5-6-8-15/h20H,4-10H2,1-3H3,(H,16,19). The summed E-state index contributed by atoms with van der Waals surface area (Å²) in [7, 11) is 0. The van der Waals surface area contributed by atoms with Crippen LogP contribution in [-0.4, -0.2) is 32.9 Å². The molecular weight excluding hydrogens is 254 g/mol. The van der Waals surface area contributed by atoms with Crippen LogP contribution in [0.5, 0.6) is 0 Å². The van der Waals surface area contributed by atoms with Crippen LogP contribution in [0.15, 0.2) is 0 Å². The minimum absolute atomic E-state index is 0.123. The molecule has 0 radical (unpaired) electrons. The number of carbonyl (C=O) groups is 1.